The second-order valence-electron chi connectivity index (χ2n) is 4.47. The Hall–Kier alpha value is -2.33. The molecule has 1 aromatic heterocycles. The van der Waals surface area contributed by atoms with Gasteiger partial charge in [0.25, 0.3) is 0 Å². The van der Waals surface area contributed by atoms with E-state index in [0.29, 0.717) is 5.00 Å². The minimum absolute atomic E-state index is 0.0722. The van der Waals surface area contributed by atoms with E-state index in [1.54, 1.807) is 6.20 Å². The maximum absolute atomic E-state index is 5.75. The molecule has 100 valence electrons. The average Bonchev–Trinajstić information content (AvgIpc) is 2.92. The average molecular weight is 281 g/mol. The van der Waals surface area contributed by atoms with Crippen LogP contribution in [-0.4, -0.2) is 4.98 Å². The van der Waals surface area contributed by atoms with E-state index in [2.05, 4.69) is 34.6 Å². The highest BCUT2D eigenvalue weighted by Crippen LogP contribution is 2.29. The first-order valence-corrected chi connectivity index (χ1v) is 7.22. The number of aromatic nitrogens is 1. The second kappa shape index (κ2) is 5.75. The summed E-state index contributed by atoms with van der Waals surface area (Å²) in [6.07, 6.45) is 1.68. The minimum atomic E-state index is 0.0722. The zero-order valence-electron chi connectivity index (χ0n) is 10.9. The van der Waals surface area contributed by atoms with Gasteiger partial charge in [0.05, 0.1) is 12.2 Å². The molecule has 3 aromatic rings. The van der Waals surface area contributed by atoms with E-state index in [1.807, 2.05) is 36.4 Å². The summed E-state index contributed by atoms with van der Waals surface area (Å²) in [4.78, 5) is 4.29. The first-order valence-electron chi connectivity index (χ1n) is 6.40. The van der Waals surface area contributed by atoms with Crippen molar-refractivity contribution < 1.29 is 0 Å². The van der Waals surface area contributed by atoms with Crippen LogP contribution in [0.1, 0.15) is 17.2 Å². The van der Waals surface area contributed by atoms with Crippen molar-refractivity contribution in [1.29, 1.82) is 0 Å². The number of benzene rings is 2. The highest BCUT2D eigenvalue weighted by atomic mass is 32.1. The SMILES string of the molecule is Nc1cnc(NC(c2ccccc2)c2ccccc2)s1. The van der Waals surface area contributed by atoms with E-state index in [9.17, 15) is 0 Å². The van der Waals surface area contributed by atoms with Crippen molar-refractivity contribution in [3.63, 3.8) is 0 Å². The van der Waals surface area contributed by atoms with E-state index < -0.39 is 0 Å². The molecule has 2 aromatic carbocycles. The van der Waals surface area contributed by atoms with E-state index in [1.165, 1.54) is 22.5 Å². The Morgan fingerprint density at radius 2 is 1.45 bits per heavy atom. The molecular formula is C16H15N3S. The standard InChI is InChI=1S/C16H15N3S/c17-14-11-18-16(20-14)19-15(12-7-3-1-4-8-12)13-9-5-2-6-10-13/h1-11,15H,17H2,(H,18,19). The van der Waals surface area contributed by atoms with E-state index in [4.69, 9.17) is 5.73 Å². The third-order valence-electron chi connectivity index (χ3n) is 3.06. The molecular weight excluding hydrogens is 266 g/mol. The zero-order chi connectivity index (χ0) is 13.8. The highest BCUT2D eigenvalue weighted by molar-refractivity contribution is 7.19. The number of nitrogen functional groups attached to an aromatic ring is 1. The molecule has 3 rings (SSSR count). The van der Waals surface area contributed by atoms with Crippen LogP contribution < -0.4 is 11.1 Å². The van der Waals surface area contributed by atoms with Crippen LogP contribution >= 0.6 is 11.3 Å². The van der Waals surface area contributed by atoms with Crippen LogP contribution in [0.3, 0.4) is 0 Å². The van der Waals surface area contributed by atoms with Gasteiger partial charge in [0.1, 0.15) is 5.00 Å². The molecule has 3 N–H and O–H groups in total. The normalized spacial score (nSPS) is 10.7. The van der Waals surface area contributed by atoms with Gasteiger partial charge in [-0.2, -0.15) is 0 Å². The fourth-order valence-electron chi connectivity index (χ4n) is 2.13. The number of nitrogens with two attached hydrogens (primary N) is 1. The van der Waals surface area contributed by atoms with Gasteiger partial charge in [0, 0.05) is 0 Å². The lowest BCUT2D eigenvalue weighted by atomic mass is 9.99. The molecule has 0 atom stereocenters. The van der Waals surface area contributed by atoms with Crippen molar-refractivity contribution in [2.45, 2.75) is 6.04 Å². The van der Waals surface area contributed by atoms with Crippen molar-refractivity contribution in [1.82, 2.24) is 4.98 Å². The summed E-state index contributed by atoms with van der Waals surface area (Å²) in [5, 5.41) is 5.01. The Labute approximate surface area is 122 Å². The molecule has 0 aliphatic heterocycles. The fourth-order valence-corrected chi connectivity index (χ4v) is 2.74. The first kappa shape index (κ1) is 12.7. The minimum Gasteiger partial charge on any atom is -0.389 e. The Balaban J connectivity index is 1.96. The quantitative estimate of drug-likeness (QED) is 0.762. The zero-order valence-corrected chi connectivity index (χ0v) is 11.7. The molecule has 0 aliphatic carbocycles. The van der Waals surface area contributed by atoms with Crippen molar-refractivity contribution in [3.05, 3.63) is 78.0 Å². The summed E-state index contributed by atoms with van der Waals surface area (Å²) in [6.45, 7) is 0. The van der Waals surface area contributed by atoms with Crippen LogP contribution in [-0.2, 0) is 0 Å². The summed E-state index contributed by atoms with van der Waals surface area (Å²) in [6, 6.07) is 20.7. The Kier molecular flexibility index (Phi) is 3.65. The lowest BCUT2D eigenvalue weighted by molar-refractivity contribution is 0.935. The molecule has 0 saturated carbocycles. The lowest BCUT2D eigenvalue weighted by Gasteiger charge is -2.19. The number of nitrogens with zero attached hydrogens (tertiary/aromatic N) is 1. The smallest absolute Gasteiger partial charge is 0.185 e. The van der Waals surface area contributed by atoms with E-state index in [0.717, 1.165) is 5.13 Å². The number of rotatable bonds is 4. The van der Waals surface area contributed by atoms with Gasteiger partial charge in [0.2, 0.25) is 0 Å². The molecule has 0 radical (unpaired) electrons. The van der Waals surface area contributed by atoms with Crippen molar-refractivity contribution in [2.24, 2.45) is 0 Å². The van der Waals surface area contributed by atoms with Crippen molar-refractivity contribution >= 4 is 21.5 Å². The molecule has 0 spiro atoms. The van der Waals surface area contributed by atoms with E-state index >= 15 is 0 Å². The predicted molar refractivity (Wildman–Crippen MR) is 84.9 cm³/mol. The van der Waals surface area contributed by atoms with Crippen LogP contribution in [0, 0.1) is 0 Å². The molecule has 1 heterocycles. The molecule has 0 unspecified atom stereocenters. The van der Waals surface area contributed by atoms with Gasteiger partial charge >= 0.3 is 0 Å². The molecule has 0 saturated heterocycles. The van der Waals surface area contributed by atoms with Gasteiger partial charge in [-0.15, -0.1) is 0 Å². The Bertz CT molecular complexity index is 625. The summed E-state index contributed by atoms with van der Waals surface area (Å²) in [5.74, 6) is 0. The van der Waals surface area contributed by atoms with Gasteiger partial charge in [-0.1, -0.05) is 72.0 Å². The predicted octanol–water partition coefficient (Wildman–Crippen LogP) is 3.93. The number of anilines is 2. The molecule has 0 fully saturated rings. The van der Waals surface area contributed by atoms with Gasteiger partial charge in [-0.05, 0) is 11.1 Å². The largest absolute Gasteiger partial charge is 0.389 e. The highest BCUT2D eigenvalue weighted by Gasteiger charge is 2.14. The second-order valence-corrected chi connectivity index (χ2v) is 5.53. The topological polar surface area (TPSA) is 50.9 Å². The number of nitrogens with one attached hydrogen (secondary N) is 1. The Morgan fingerprint density at radius 3 is 1.90 bits per heavy atom. The summed E-state index contributed by atoms with van der Waals surface area (Å²) in [5.41, 5.74) is 8.15. The molecule has 4 heteroatoms. The number of thiazole rings is 1. The maximum atomic E-state index is 5.75. The van der Waals surface area contributed by atoms with Crippen LogP contribution in [0.15, 0.2) is 66.9 Å². The van der Waals surface area contributed by atoms with E-state index in [-0.39, 0.29) is 6.04 Å². The molecule has 3 nitrogen and oxygen atoms in total. The van der Waals surface area contributed by atoms with Crippen LogP contribution in [0.25, 0.3) is 0 Å². The fraction of sp³-hybridized carbons (Fsp3) is 0.0625. The van der Waals surface area contributed by atoms with Gasteiger partial charge in [0.15, 0.2) is 5.13 Å². The third kappa shape index (κ3) is 2.81. The molecule has 0 aliphatic rings. The van der Waals surface area contributed by atoms with Gasteiger partial charge in [-0.3, -0.25) is 0 Å². The summed E-state index contributed by atoms with van der Waals surface area (Å²) in [7, 11) is 0. The van der Waals surface area contributed by atoms with Crippen LogP contribution in [0.5, 0.6) is 0 Å². The lowest BCUT2D eigenvalue weighted by Crippen LogP contribution is -2.11. The van der Waals surface area contributed by atoms with Gasteiger partial charge in [-0.25, -0.2) is 4.98 Å². The van der Waals surface area contributed by atoms with Crippen LogP contribution in [0.2, 0.25) is 0 Å². The summed E-state index contributed by atoms with van der Waals surface area (Å²) < 4.78 is 0. The van der Waals surface area contributed by atoms with Crippen molar-refractivity contribution in [2.75, 3.05) is 11.1 Å². The maximum Gasteiger partial charge on any atom is 0.185 e. The molecule has 0 bridgehead atoms. The van der Waals surface area contributed by atoms with Gasteiger partial charge < -0.3 is 11.1 Å². The molecule has 20 heavy (non-hydrogen) atoms. The first-order chi connectivity index (χ1) is 9.83. The molecule has 0 amide bonds. The summed E-state index contributed by atoms with van der Waals surface area (Å²) >= 11 is 1.46. The Morgan fingerprint density at radius 1 is 0.900 bits per heavy atom. The number of hydrogen-bond acceptors (Lipinski definition) is 4. The monoisotopic (exact) mass is 281 g/mol. The number of hydrogen-bond donors (Lipinski definition) is 2. The van der Waals surface area contributed by atoms with Crippen molar-refractivity contribution in [3.8, 4) is 0 Å². The van der Waals surface area contributed by atoms with Crippen LogP contribution in [0.4, 0.5) is 10.1 Å². The third-order valence-corrected chi connectivity index (χ3v) is 3.81.